The van der Waals surface area contributed by atoms with Crippen LogP contribution >= 0.6 is 0 Å². The van der Waals surface area contributed by atoms with E-state index in [9.17, 15) is 0 Å². The summed E-state index contributed by atoms with van der Waals surface area (Å²) in [4.78, 5) is 8.16. The molecule has 1 aromatic carbocycles. The van der Waals surface area contributed by atoms with Crippen LogP contribution in [0.5, 0.6) is 0 Å². The van der Waals surface area contributed by atoms with Crippen molar-refractivity contribution < 1.29 is 0 Å². The van der Waals surface area contributed by atoms with E-state index in [4.69, 9.17) is 11.0 Å². The molecule has 0 amide bonds. The molecule has 0 aliphatic carbocycles. The van der Waals surface area contributed by atoms with Crippen LogP contribution in [0.1, 0.15) is 16.7 Å². The summed E-state index contributed by atoms with van der Waals surface area (Å²) in [6, 6.07) is 7.88. The third-order valence-corrected chi connectivity index (χ3v) is 2.84. The zero-order valence-corrected chi connectivity index (χ0v) is 10.9. The minimum absolute atomic E-state index is 0.268. The number of hydrogen-bond donors (Lipinski definition) is 1. The fourth-order valence-electron chi connectivity index (χ4n) is 2.14. The van der Waals surface area contributed by atoms with E-state index in [0.29, 0.717) is 0 Å². The molecule has 2 aromatic rings. The molecule has 2 rings (SSSR count). The van der Waals surface area contributed by atoms with E-state index in [0.717, 1.165) is 27.9 Å². The molecule has 0 bridgehead atoms. The van der Waals surface area contributed by atoms with Gasteiger partial charge in [0.2, 0.25) is 5.95 Å². The summed E-state index contributed by atoms with van der Waals surface area (Å²) in [7, 11) is 0. The molecule has 0 radical (unpaired) electrons. The third-order valence-electron chi connectivity index (χ3n) is 2.84. The van der Waals surface area contributed by atoms with E-state index < -0.39 is 0 Å². The van der Waals surface area contributed by atoms with Crippen molar-refractivity contribution in [1.82, 2.24) is 9.97 Å². The normalized spacial score (nSPS) is 10.6. The summed E-state index contributed by atoms with van der Waals surface area (Å²) in [6.45, 7) is 4.04. The zero-order valence-electron chi connectivity index (χ0n) is 10.9. The van der Waals surface area contributed by atoms with Crippen molar-refractivity contribution in [2.75, 3.05) is 5.73 Å². The van der Waals surface area contributed by atoms with Gasteiger partial charge in [0.25, 0.3) is 0 Å². The summed E-state index contributed by atoms with van der Waals surface area (Å²) in [5, 5.41) is 8.56. The van der Waals surface area contributed by atoms with Gasteiger partial charge in [-0.05, 0) is 42.7 Å². The Morgan fingerprint density at radius 2 is 1.95 bits per heavy atom. The van der Waals surface area contributed by atoms with E-state index in [1.165, 1.54) is 6.08 Å². The van der Waals surface area contributed by atoms with Gasteiger partial charge in [-0.1, -0.05) is 12.1 Å². The van der Waals surface area contributed by atoms with E-state index in [2.05, 4.69) is 9.97 Å². The second kappa shape index (κ2) is 5.32. The lowest BCUT2D eigenvalue weighted by atomic mass is 9.96. The maximum Gasteiger partial charge on any atom is 0.220 e. The molecule has 0 atom stereocenters. The Morgan fingerprint density at radius 3 is 2.53 bits per heavy atom. The minimum atomic E-state index is 0.268. The molecule has 0 fully saturated rings. The first-order chi connectivity index (χ1) is 9.11. The van der Waals surface area contributed by atoms with Crippen LogP contribution in [0.3, 0.4) is 0 Å². The van der Waals surface area contributed by atoms with Crippen LogP contribution in [0.15, 0.2) is 30.5 Å². The van der Waals surface area contributed by atoms with Crippen LogP contribution in [-0.2, 0) is 0 Å². The average Bonchev–Trinajstić information content (AvgIpc) is 2.35. The molecule has 1 heterocycles. The SMILES string of the molecule is Cc1cc(C=CC#N)cc(C)c1-c1ccnc(N)n1. The van der Waals surface area contributed by atoms with Crippen LogP contribution in [-0.4, -0.2) is 9.97 Å². The first-order valence-corrected chi connectivity index (χ1v) is 5.88. The lowest BCUT2D eigenvalue weighted by Gasteiger charge is -2.11. The van der Waals surface area contributed by atoms with Crippen molar-refractivity contribution in [3.05, 3.63) is 47.2 Å². The van der Waals surface area contributed by atoms with Gasteiger partial charge in [-0.3, -0.25) is 0 Å². The largest absolute Gasteiger partial charge is 0.368 e. The second-order valence-electron chi connectivity index (χ2n) is 4.29. The Labute approximate surface area is 112 Å². The van der Waals surface area contributed by atoms with Gasteiger partial charge in [-0.15, -0.1) is 0 Å². The van der Waals surface area contributed by atoms with Gasteiger partial charge >= 0.3 is 0 Å². The van der Waals surface area contributed by atoms with E-state index in [1.807, 2.05) is 38.1 Å². The number of hydrogen-bond acceptors (Lipinski definition) is 4. The number of nitrogens with two attached hydrogens (primary N) is 1. The van der Waals surface area contributed by atoms with Crippen LogP contribution < -0.4 is 5.73 Å². The van der Waals surface area contributed by atoms with Gasteiger partial charge in [0.1, 0.15) is 0 Å². The Morgan fingerprint density at radius 1 is 1.26 bits per heavy atom. The first kappa shape index (κ1) is 12.8. The van der Waals surface area contributed by atoms with Crippen LogP contribution in [0.4, 0.5) is 5.95 Å². The molecule has 0 spiro atoms. The summed E-state index contributed by atoms with van der Waals surface area (Å²) in [6.07, 6.45) is 4.91. The Balaban J connectivity index is 2.54. The predicted octanol–water partition coefficient (Wildman–Crippen LogP) is 2.88. The van der Waals surface area contributed by atoms with Gasteiger partial charge in [0.15, 0.2) is 0 Å². The molecule has 19 heavy (non-hydrogen) atoms. The van der Waals surface area contributed by atoms with E-state index in [1.54, 1.807) is 12.3 Å². The molecule has 0 saturated carbocycles. The quantitative estimate of drug-likeness (QED) is 0.831. The smallest absolute Gasteiger partial charge is 0.220 e. The summed E-state index contributed by atoms with van der Waals surface area (Å²) in [5.74, 6) is 0.268. The molecule has 0 saturated heterocycles. The molecule has 0 aliphatic heterocycles. The number of benzene rings is 1. The lowest BCUT2D eigenvalue weighted by Crippen LogP contribution is -1.98. The van der Waals surface area contributed by atoms with Crippen molar-refractivity contribution in [1.29, 1.82) is 5.26 Å². The van der Waals surface area contributed by atoms with Crippen LogP contribution in [0, 0.1) is 25.2 Å². The topological polar surface area (TPSA) is 75.6 Å². The summed E-state index contributed by atoms with van der Waals surface area (Å²) in [5.41, 5.74) is 10.7. The van der Waals surface area contributed by atoms with Gasteiger partial charge in [-0.25, -0.2) is 9.97 Å². The van der Waals surface area contributed by atoms with Crippen molar-refractivity contribution in [2.24, 2.45) is 0 Å². The number of rotatable bonds is 2. The number of aryl methyl sites for hydroxylation is 2. The monoisotopic (exact) mass is 250 g/mol. The van der Waals surface area contributed by atoms with Crippen LogP contribution in [0.25, 0.3) is 17.3 Å². The zero-order chi connectivity index (χ0) is 13.8. The highest BCUT2D eigenvalue weighted by Gasteiger charge is 2.08. The standard InChI is InChI=1S/C15H14N4/c1-10-8-12(4-3-6-16)9-11(2)14(10)13-5-7-18-15(17)19-13/h3-5,7-9H,1-2H3,(H2,17,18,19). The lowest BCUT2D eigenvalue weighted by molar-refractivity contribution is 1.18. The Bertz CT molecular complexity index is 658. The molecule has 2 N–H and O–H groups in total. The van der Waals surface area contributed by atoms with E-state index in [-0.39, 0.29) is 5.95 Å². The maximum atomic E-state index is 8.56. The van der Waals surface area contributed by atoms with Gasteiger partial charge in [-0.2, -0.15) is 5.26 Å². The van der Waals surface area contributed by atoms with E-state index >= 15 is 0 Å². The number of anilines is 1. The Hall–Kier alpha value is -2.67. The van der Waals surface area contributed by atoms with Crippen molar-refractivity contribution in [3.63, 3.8) is 0 Å². The van der Waals surface area contributed by atoms with Crippen LogP contribution in [0.2, 0.25) is 0 Å². The third kappa shape index (κ3) is 2.78. The highest BCUT2D eigenvalue weighted by Crippen LogP contribution is 2.27. The number of nitriles is 1. The second-order valence-corrected chi connectivity index (χ2v) is 4.29. The van der Waals surface area contributed by atoms with Crippen molar-refractivity contribution >= 4 is 12.0 Å². The molecule has 1 aromatic heterocycles. The molecular weight excluding hydrogens is 236 g/mol. The number of allylic oxidation sites excluding steroid dienone is 1. The first-order valence-electron chi connectivity index (χ1n) is 5.88. The van der Waals surface area contributed by atoms with Gasteiger partial charge < -0.3 is 5.73 Å². The van der Waals surface area contributed by atoms with Gasteiger partial charge in [0, 0.05) is 17.8 Å². The molecule has 94 valence electrons. The Kier molecular flexibility index (Phi) is 3.58. The predicted molar refractivity (Wildman–Crippen MR) is 76.0 cm³/mol. The highest BCUT2D eigenvalue weighted by molar-refractivity contribution is 5.71. The summed E-state index contributed by atoms with van der Waals surface area (Å²) < 4.78 is 0. The molecule has 0 unspecified atom stereocenters. The molecule has 4 heteroatoms. The average molecular weight is 250 g/mol. The molecule has 4 nitrogen and oxygen atoms in total. The number of nitrogens with zero attached hydrogens (tertiary/aromatic N) is 3. The molecular formula is C15H14N4. The fourth-order valence-corrected chi connectivity index (χ4v) is 2.14. The highest BCUT2D eigenvalue weighted by atomic mass is 15.0. The van der Waals surface area contributed by atoms with Gasteiger partial charge in [0.05, 0.1) is 11.8 Å². The number of nitrogen functional groups attached to an aromatic ring is 1. The summed E-state index contributed by atoms with van der Waals surface area (Å²) >= 11 is 0. The van der Waals surface area contributed by atoms with Crippen molar-refractivity contribution in [3.8, 4) is 17.3 Å². The minimum Gasteiger partial charge on any atom is -0.368 e. The molecule has 0 aliphatic rings. The number of aromatic nitrogens is 2. The fraction of sp³-hybridized carbons (Fsp3) is 0.133. The maximum absolute atomic E-state index is 8.56. The van der Waals surface area contributed by atoms with Crippen molar-refractivity contribution in [2.45, 2.75) is 13.8 Å².